The van der Waals surface area contributed by atoms with Crippen molar-refractivity contribution in [2.45, 2.75) is 25.7 Å². The first-order valence-corrected chi connectivity index (χ1v) is 11.4. The number of rotatable bonds is 9. The summed E-state index contributed by atoms with van der Waals surface area (Å²) >= 11 is 6.09. The summed E-state index contributed by atoms with van der Waals surface area (Å²) in [5, 5.41) is 3.52. The highest BCUT2D eigenvalue weighted by atomic mass is 35.5. The molecule has 2 atom stereocenters. The predicted octanol–water partition coefficient (Wildman–Crippen LogP) is 4.14. The van der Waals surface area contributed by atoms with Crippen LogP contribution in [-0.4, -0.2) is 57.7 Å². The first-order chi connectivity index (χ1) is 15.9. The van der Waals surface area contributed by atoms with Crippen LogP contribution in [0.25, 0.3) is 0 Å². The number of hydrogen-bond acceptors (Lipinski definition) is 5. The molecule has 0 radical (unpaired) electrons. The number of nitrogens with one attached hydrogen (secondary N) is 1. The van der Waals surface area contributed by atoms with Crippen LogP contribution in [0.15, 0.2) is 36.4 Å². The number of carbonyl (C=O) groups excluding carboxylic acids is 2. The van der Waals surface area contributed by atoms with Crippen molar-refractivity contribution in [1.29, 1.82) is 0 Å². The molecule has 1 N–H and O–H groups in total. The van der Waals surface area contributed by atoms with Crippen LogP contribution in [0.5, 0.6) is 17.2 Å². The van der Waals surface area contributed by atoms with Crippen LogP contribution >= 0.6 is 11.6 Å². The summed E-state index contributed by atoms with van der Waals surface area (Å²) in [4.78, 5) is 28.1. The fourth-order valence-electron chi connectivity index (χ4n) is 4.21. The van der Waals surface area contributed by atoms with Gasteiger partial charge in [0.05, 0.1) is 27.2 Å². The lowest BCUT2D eigenvalue weighted by atomic mass is 9.88. The van der Waals surface area contributed by atoms with Crippen LogP contribution in [0.3, 0.4) is 0 Å². The van der Waals surface area contributed by atoms with Crippen molar-refractivity contribution in [3.05, 3.63) is 52.5 Å². The SMILES string of the molecule is CCCCNC(=O)[C@H]1CN(C(=O)c2cccc(Cl)c2)C[C@@H]1c1cc(OC)c(OC)c(OC)c1. The molecule has 33 heavy (non-hydrogen) atoms. The van der Waals surface area contributed by atoms with Gasteiger partial charge in [-0.05, 0) is 42.3 Å². The van der Waals surface area contributed by atoms with Crippen LogP contribution in [-0.2, 0) is 4.79 Å². The Morgan fingerprint density at radius 1 is 1.06 bits per heavy atom. The van der Waals surface area contributed by atoms with E-state index in [-0.39, 0.29) is 17.7 Å². The minimum atomic E-state index is -0.409. The van der Waals surface area contributed by atoms with Crippen molar-refractivity contribution < 1.29 is 23.8 Å². The van der Waals surface area contributed by atoms with Crippen LogP contribution in [0.4, 0.5) is 0 Å². The van der Waals surface area contributed by atoms with Gasteiger partial charge in [-0.2, -0.15) is 0 Å². The van der Waals surface area contributed by atoms with E-state index in [1.165, 1.54) is 0 Å². The standard InChI is InChI=1S/C25H31ClN2O5/c1-5-6-10-27-24(29)20-15-28(25(30)16-8-7-9-18(26)11-16)14-19(20)17-12-21(31-2)23(33-4)22(13-17)32-3/h7-9,11-13,19-20H,5-6,10,14-15H2,1-4H3,(H,27,29)/t19-,20+/m1/s1. The van der Waals surface area contributed by atoms with Crippen LogP contribution in [0.1, 0.15) is 41.6 Å². The van der Waals surface area contributed by atoms with Crippen LogP contribution in [0, 0.1) is 5.92 Å². The number of hydrogen-bond donors (Lipinski definition) is 1. The van der Waals surface area contributed by atoms with E-state index in [4.69, 9.17) is 25.8 Å². The molecule has 2 aromatic rings. The van der Waals surface area contributed by atoms with Gasteiger partial charge in [0.15, 0.2) is 11.5 Å². The Labute approximate surface area is 200 Å². The maximum atomic E-state index is 13.2. The molecule has 0 saturated carbocycles. The lowest BCUT2D eigenvalue weighted by Crippen LogP contribution is -2.36. The number of amides is 2. The van der Waals surface area contributed by atoms with Gasteiger partial charge < -0.3 is 24.4 Å². The van der Waals surface area contributed by atoms with Crippen molar-refractivity contribution in [2.75, 3.05) is 41.0 Å². The molecule has 2 amide bonds. The monoisotopic (exact) mass is 474 g/mol. The second-order valence-corrected chi connectivity index (χ2v) is 8.47. The van der Waals surface area contributed by atoms with E-state index in [9.17, 15) is 9.59 Å². The minimum Gasteiger partial charge on any atom is -0.493 e. The molecule has 0 aromatic heterocycles. The van der Waals surface area contributed by atoms with Gasteiger partial charge in [-0.1, -0.05) is 31.0 Å². The van der Waals surface area contributed by atoms with E-state index in [1.54, 1.807) is 50.5 Å². The Kier molecular flexibility index (Phi) is 8.44. The molecule has 1 aliphatic rings. The highest BCUT2D eigenvalue weighted by Crippen LogP contribution is 2.43. The molecule has 1 heterocycles. The molecule has 0 aliphatic carbocycles. The van der Waals surface area contributed by atoms with Gasteiger partial charge in [-0.25, -0.2) is 0 Å². The van der Waals surface area contributed by atoms with Crippen molar-refractivity contribution >= 4 is 23.4 Å². The van der Waals surface area contributed by atoms with Crippen LogP contribution in [0.2, 0.25) is 5.02 Å². The predicted molar refractivity (Wildman–Crippen MR) is 128 cm³/mol. The maximum Gasteiger partial charge on any atom is 0.253 e. The molecule has 7 nitrogen and oxygen atoms in total. The third-order valence-corrected chi connectivity index (χ3v) is 6.20. The number of nitrogens with zero attached hydrogens (tertiary/aromatic N) is 1. The molecule has 0 bridgehead atoms. The van der Waals surface area contributed by atoms with Gasteiger partial charge in [-0.3, -0.25) is 9.59 Å². The summed E-state index contributed by atoms with van der Waals surface area (Å²) in [6, 6.07) is 10.6. The zero-order chi connectivity index (χ0) is 24.0. The van der Waals surface area contributed by atoms with Crippen molar-refractivity contribution in [3.8, 4) is 17.2 Å². The van der Waals surface area contributed by atoms with Gasteiger partial charge in [0.25, 0.3) is 5.91 Å². The second kappa shape index (κ2) is 11.3. The molecule has 0 spiro atoms. The molecule has 0 unspecified atom stereocenters. The van der Waals surface area contributed by atoms with Gasteiger partial charge >= 0.3 is 0 Å². The largest absolute Gasteiger partial charge is 0.493 e. The average Bonchev–Trinajstić information content (AvgIpc) is 3.28. The fraction of sp³-hybridized carbons (Fsp3) is 0.440. The highest BCUT2D eigenvalue weighted by molar-refractivity contribution is 6.30. The molecular weight excluding hydrogens is 444 g/mol. The molecule has 8 heteroatoms. The Morgan fingerprint density at radius 3 is 2.33 bits per heavy atom. The van der Waals surface area contributed by atoms with Crippen molar-refractivity contribution in [3.63, 3.8) is 0 Å². The summed E-state index contributed by atoms with van der Waals surface area (Å²) in [6.07, 6.45) is 1.89. The summed E-state index contributed by atoms with van der Waals surface area (Å²) < 4.78 is 16.5. The zero-order valence-electron chi connectivity index (χ0n) is 19.5. The Bertz CT molecular complexity index is 972. The first-order valence-electron chi connectivity index (χ1n) is 11.1. The minimum absolute atomic E-state index is 0.0661. The van der Waals surface area contributed by atoms with Gasteiger partial charge in [0.1, 0.15) is 0 Å². The molecule has 1 aliphatic heterocycles. The lowest BCUT2D eigenvalue weighted by molar-refractivity contribution is -0.124. The summed E-state index contributed by atoms with van der Waals surface area (Å²) in [5.74, 6) is 0.643. The van der Waals surface area contributed by atoms with Gasteiger partial charge in [0.2, 0.25) is 11.7 Å². The Morgan fingerprint density at radius 2 is 1.76 bits per heavy atom. The number of carbonyl (C=O) groups is 2. The molecular formula is C25H31ClN2O5. The molecule has 1 saturated heterocycles. The van der Waals surface area contributed by atoms with Crippen LogP contribution < -0.4 is 19.5 Å². The molecule has 2 aromatic carbocycles. The average molecular weight is 475 g/mol. The number of likely N-dealkylation sites (tertiary alicyclic amines) is 1. The van der Waals surface area contributed by atoms with Gasteiger partial charge in [-0.15, -0.1) is 0 Å². The fourth-order valence-corrected chi connectivity index (χ4v) is 4.40. The van der Waals surface area contributed by atoms with E-state index in [0.29, 0.717) is 47.5 Å². The quantitative estimate of drug-likeness (QED) is 0.553. The van der Waals surface area contributed by atoms with E-state index >= 15 is 0 Å². The summed E-state index contributed by atoms with van der Waals surface area (Å²) in [7, 11) is 4.66. The molecule has 1 fully saturated rings. The zero-order valence-corrected chi connectivity index (χ0v) is 20.3. The first kappa shape index (κ1) is 24.7. The number of ether oxygens (including phenoxy) is 3. The summed E-state index contributed by atoms with van der Waals surface area (Å²) in [5.41, 5.74) is 1.35. The lowest BCUT2D eigenvalue weighted by Gasteiger charge is -2.21. The Hall–Kier alpha value is -2.93. The normalized spacial score (nSPS) is 17.5. The molecule has 3 rings (SSSR count). The summed E-state index contributed by atoms with van der Waals surface area (Å²) in [6.45, 7) is 3.38. The van der Waals surface area contributed by atoms with E-state index < -0.39 is 5.92 Å². The van der Waals surface area contributed by atoms with E-state index in [1.807, 2.05) is 12.1 Å². The van der Waals surface area contributed by atoms with Gasteiger partial charge in [0, 0.05) is 36.1 Å². The number of unbranched alkanes of at least 4 members (excludes halogenated alkanes) is 1. The second-order valence-electron chi connectivity index (χ2n) is 8.04. The number of benzene rings is 2. The molecule has 178 valence electrons. The number of halogens is 1. The highest BCUT2D eigenvalue weighted by Gasteiger charge is 2.41. The third kappa shape index (κ3) is 5.53. The van der Waals surface area contributed by atoms with Crippen molar-refractivity contribution in [2.24, 2.45) is 5.92 Å². The smallest absolute Gasteiger partial charge is 0.253 e. The third-order valence-electron chi connectivity index (χ3n) is 5.96. The van der Waals surface area contributed by atoms with Crippen molar-refractivity contribution in [1.82, 2.24) is 10.2 Å². The van der Waals surface area contributed by atoms with E-state index in [2.05, 4.69) is 12.2 Å². The Balaban J connectivity index is 1.95. The topological polar surface area (TPSA) is 77.1 Å². The van der Waals surface area contributed by atoms with E-state index in [0.717, 1.165) is 18.4 Å². The maximum absolute atomic E-state index is 13.2. The number of methoxy groups -OCH3 is 3.